The van der Waals surface area contributed by atoms with Crippen LogP contribution in [0.1, 0.15) is 31.2 Å². The molecule has 0 aliphatic carbocycles. The first kappa shape index (κ1) is 8.30. The van der Waals surface area contributed by atoms with Crippen LogP contribution in [0, 0.1) is 6.92 Å². The fourth-order valence-corrected chi connectivity index (χ4v) is 1.53. The molecule has 2 rings (SSSR count). The minimum absolute atomic E-state index is 0.437. The van der Waals surface area contributed by atoms with Crippen molar-refractivity contribution >= 4 is 5.65 Å². The van der Waals surface area contributed by atoms with E-state index < -0.39 is 0 Å². The third kappa shape index (κ3) is 1.22. The molecular formula is C11H13N2. The molecule has 2 heteroatoms. The number of aromatic nitrogens is 2. The number of imidazole rings is 1. The van der Waals surface area contributed by atoms with E-state index >= 15 is 0 Å². The molecule has 0 saturated heterocycles. The van der Waals surface area contributed by atoms with Crippen LogP contribution >= 0.6 is 0 Å². The first-order valence-corrected chi connectivity index (χ1v) is 4.49. The summed E-state index contributed by atoms with van der Waals surface area (Å²) in [6.45, 7) is 8.30. The van der Waals surface area contributed by atoms with Crippen molar-refractivity contribution in [2.24, 2.45) is 0 Å². The molecule has 2 aromatic heterocycles. The monoisotopic (exact) mass is 173 g/mol. The van der Waals surface area contributed by atoms with E-state index in [1.54, 1.807) is 0 Å². The molecule has 1 radical (unpaired) electrons. The number of rotatable bonds is 1. The van der Waals surface area contributed by atoms with E-state index in [-0.39, 0.29) is 0 Å². The topological polar surface area (TPSA) is 17.3 Å². The van der Waals surface area contributed by atoms with Gasteiger partial charge >= 0.3 is 0 Å². The van der Waals surface area contributed by atoms with Gasteiger partial charge in [-0.25, -0.2) is 4.98 Å². The SMILES string of the molecule is [CH2]c1c(C(C)C)nc2ccccn12. The molecule has 2 aromatic rings. The fourth-order valence-electron chi connectivity index (χ4n) is 1.53. The maximum atomic E-state index is 4.51. The molecule has 2 nitrogen and oxygen atoms in total. The molecular weight excluding hydrogens is 160 g/mol. The highest BCUT2D eigenvalue weighted by molar-refractivity contribution is 5.44. The standard InChI is InChI=1S/C11H13N2/c1-8(2)11-9(3)13-7-5-4-6-10(13)12-11/h4-8H,3H2,1-2H3. The summed E-state index contributed by atoms with van der Waals surface area (Å²) in [7, 11) is 0. The summed E-state index contributed by atoms with van der Waals surface area (Å²) in [5, 5.41) is 0. The van der Waals surface area contributed by atoms with Gasteiger partial charge in [-0.15, -0.1) is 0 Å². The second-order valence-corrected chi connectivity index (χ2v) is 3.53. The van der Waals surface area contributed by atoms with Crippen LogP contribution in [0.5, 0.6) is 0 Å². The van der Waals surface area contributed by atoms with Crippen molar-refractivity contribution in [3.63, 3.8) is 0 Å². The molecule has 0 saturated carbocycles. The largest absolute Gasteiger partial charge is 0.304 e. The molecule has 13 heavy (non-hydrogen) atoms. The van der Waals surface area contributed by atoms with Crippen LogP contribution in [0.15, 0.2) is 24.4 Å². The van der Waals surface area contributed by atoms with E-state index in [2.05, 4.69) is 25.8 Å². The lowest BCUT2D eigenvalue weighted by Crippen LogP contribution is -1.91. The maximum absolute atomic E-state index is 4.51. The average Bonchev–Trinajstić information content (AvgIpc) is 2.45. The van der Waals surface area contributed by atoms with E-state index in [9.17, 15) is 0 Å². The number of hydrogen-bond donors (Lipinski definition) is 0. The van der Waals surface area contributed by atoms with Crippen LogP contribution in [0.4, 0.5) is 0 Å². The van der Waals surface area contributed by atoms with Crippen molar-refractivity contribution in [1.29, 1.82) is 0 Å². The van der Waals surface area contributed by atoms with E-state index in [0.717, 1.165) is 17.0 Å². The van der Waals surface area contributed by atoms with Gasteiger partial charge in [0.2, 0.25) is 0 Å². The van der Waals surface area contributed by atoms with Crippen LogP contribution < -0.4 is 0 Å². The summed E-state index contributed by atoms with van der Waals surface area (Å²) < 4.78 is 2.02. The zero-order valence-corrected chi connectivity index (χ0v) is 7.99. The molecule has 0 spiro atoms. The van der Waals surface area contributed by atoms with Crippen LogP contribution in [-0.2, 0) is 0 Å². The second kappa shape index (κ2) is 2.87. The Morgan fingerprint density at radius 2 is 2.15 bits per heavy atom. The Bertz CT molecular complexity index is 427. The predicted molar refractivity (Wildman–Crippen MR) is 53.7 cm³/mol. The molecule has 0 aliphatic rings. The molecule has 0 N–H and O–H groups in total. The second-order valence-electron chi connectivity index (χ2n) is 3.53. The van der Waals surface area contributed by atoms with Gasteiger partial charge in [0.25, 0.3) is 0 Å². The summed E-state index contributed by atoms with van der Waals surface area (Å²) in [5.74, 6) is 0.437. The highest BCUT2D eigenvalue weighted by Gasteiger charge is 2.09. The maximum Gasteiger partial charge on any atom is 0.137 e. The Kier molecular flexibility index (Phi) is 1.83. The van der Waals surface area contributed by atoms with Crippen molar-refractivity contribution < 1.29 is 0 Å². The number of pyridine rings is 1. The Balaban J connectivity index is 2.74. The minimum atomic E-state index is 0.437. The molecule has 67 valence electrons. The van der Waals surface area contributed by atoms with E-state index in [4.69, 9.17) is 0 Å². The summed E-state index contributed by atoms with van der Waals surface area (Å²) >= 11 is 0. The Morgan fingerprint density at radius 3 is 2.77 bits per heavy atom. The highest BCUT2D eigenvalue weighted by Crippen LogP contribution is 2.19. The molecule has 0 atom stereocenters. The van der Waals surface area contributed by atoms with Crippen LogP contribution in [0.25, 0.3) is 5.65 Å². The smallest absolute Gasteiger partial charge is 0.137 e. The molecule has 0 amide bonds. The van der Waals surface area contributed by atoms with Crippen LogP contribution in [0.2, 0.25) is 0 Å². The number of hydrogen-bond acceptors (Lipinski definition) is 1. The lowest BCUT2D eigenvalue weighted by atomic mass is 10.1. The highest BCUT2D eigenvalue weighted by atomic mass is 15.0. The lowest BCUT2D eigenvalue weighted by molar-refractivity contribution is 0.827. The quantitative estimate of drug-likeness (QED) is 0.648. The molecule has 0 aromatic carbocycles. The van der Waals surface area contributed by atoms with Gasteiger partial charge in [-0.05, 0) is 25.0 Å². The lowest BCUT2D eigenvalue weighted by Gasteiger charge is -2.00. The first-order chi connectivity index (χ1) is 6.20. The van der Waals surface area contributed by atoms with Crippen molar-refractivity contribution in [1.82, 2.24) is 9.38 Å². The first-order valence-electron chi connectivity index (χ1n) is 4.49. The predicted octanol–water partition coefficient (Wildman–Crippen LogP) is 2.64. The van der Waals surface area contributed by atoms with Gasteiger partial charge in [0.15, 0.2) is 0 Å². The Morgan fingerprint density at radius 1 is 1.38 bits per heavy atom. The molecule has 0 aliphatic heterocycles. The summed E-state index contributed by atoms with van der Waals surface area (Å²) in [6, 6.07) is 5.99. The number of fused-ring (bicyclic) bond motifs is 1. The molecule has 0 unspecified atom stereocenters. The van der Waals surface area contributed by atoms with Crippen molar-refractivity contribution in [3.05, 3.63) is 42.7 Å². The van der Waals surface area contributed by atoms with Gasteiger partial charge in [0.1, 0.15) is 5.65 Å². The van der Waals surface area contributed by atoms with E-state index in [1.807, 2.05) is 28.8 Å². The van der Waals surface area contributed by atoms with Crippen molar-refractivity contribution in [3.8, 4) is 0 Å². The third-order valence-corrected chi connectivity index (χ3v) is 2.21. The summed E-state index contributed by atoms with van der Waals surface area (Å²) in [6.07, 6.45) is 2.00. The van der Waals surface area contributed by atoms with E-state index in [1.165, 1.54) is 0 Å². The summed E-state index contributed by atoms with van der Waals surface area (Å²) in [4.78, 5) is 4.51. The minimum Gasteiger partial charge on any atom is -0.304 e. The van der Waals surface area contributed by atoms with Gasteiger partial charge in [-0.1, -0.05) is 19.9 Å². The Labute approximate surface area is 78.2 Å². The van der Waals surface area contributed by atoms with Crippen LogP contribution in [0.3, 0.4) is 0 Å². The fraction of sp³-hybridized carbons (Fsp3) is 0.273. The van der Waals surface area contributed by atoms with Crippen molar-refractivity contribution in [2.75, 3.05) is 0 Å². The zero-order chi connectivity index (χ0) is 9.42. The van der Waals surface area contributed by atoms with Crippen LogP contribution in [-0.4, -0.2) is 9.38 Å². The molecule has 0 fully saturated rings. The average molecular weight is 173 g/mol. The Hall–Kier alpha value is -1.31. The number of nitrogens with zero attached hydrogens (tertiary/aromatic N) is 2. The normalized spacial score (nSPS) is 11.4. The summed E-state index contributed by atoms with van der Waals surface area (Å²) in [5.41, 5.74) is 3.08. The molecule has 0 bridgehead atoms. The van der Waals surface area contributed by atoms with Crippen molar-refractivity contribution in [2.45, 2.75) is 19.8 Å². The van der Waals surface area contributed by atoms with Gasteiger partial charge in [0, 0.05) is 11.9 Å². The van der Waals surface area contributed by atoms with Gasteiger partial charge in [-0.2, -0.15) is 0 Å². The van der Waals surface area contributed by atoms with Gasteiger partial charge in [-0.3, -0.25) is 0 Å². The molecule has 2 heterocycles. The third-order valence-electron chi connectivity index (χ3n) is 2.21. The van der Waals surface area contributed by atoms with Gasteiger partial charge < -0.3 is 4.40 Å². The van der Waals surface area contributed by atoms with E-state index in [0.29, 0.717) is 5.92 Å². The van der Waals surface area contributed by atoms with Gasteiger partial charge in [0.05, 0.1) is 5.69 Å². The zero-order valence-electron chi connectivity index (χ0n) is 7.99.